The third kappa shape index (κ3) is 6.33. The molecule has 0 fully saturated rings. The van der Waals surface area contributed by atoms with Crippen LogP contribution in [-0.4, -0.2) is 24.8 Å². The molecule has 0 saturated carbocycles. The Bertz CT molecular complexity index is 1330. The Kier molecular flexibility index (Phi) is 7.83. The third-order valence-corrected chi connectivity index (χ3v) is 12.2. The van der Waals surface area contributed by atoms with Crippen molar-refractivity contribution in [3.05, 3.63) is 66.5 Å². The van der Waals surface area contributed by atoms with Crippen molar-refractivity contribution in [2.24, 2.45) is 5.92 Å². The summed E-state index contributed by atoms with van der Waals surface area (Å²) in [7, 11) is -1.91. The molecule has 2 aromatic carbocycles. The molecule has 2 heterocycles. The minimum absolute atomic E-state index is 0.143. The topological polar surface area (TPSA) is 59.1 Å². The molecule has 0 radical (unpaired) electrons. The fourth-order valence-corrected chi connectivity index (χ4v) is 5.72. The van der Waals surface area contributed by atoms with Crippen LogP contribution >= 0.6 is 11.3 Å². The van der Waals surface area contributed by atoms with Crippen LogP contribution in [0.3, 0.4) is 0 Å². The number of rotatable bonds is 9. The number of aromatic nitrogens is 2. The number of benzene rings is 2. The van der Waals surface area contributed by atoms with Crippen molar-refractivity contribution in [1.82, 2.24) is 15.3 Å². The number of fused-ring (bicyclic) bond motifs is 1. The van der Waals surface area contributed by atoms with Crippen LogP contribution in [0.25, 0.3) is 20.7 Å². The molecule has 0 spiro atoms. The highest BCUT2D eigenvalue weighted by molar-refractivity contribution is 7.22. The zero-order valence-corrected chi connectivity index (χ0v) is 24.3. The average molecular weight is 519 g/mol. The largest absolute Gasteiger partial charge is 0.543 e. The quantitative estimate of drug-likeness (QED) is 0.219. The normalized spacial score (nSPS) is 12.3. The molecule has 5 nitrogen and oxygen atoms in total. The van der Waals surface area contributed by atoms with Crippen LogP contribution < -0.4 is 15.1 Å². The van der Waals surface area contributed by atoms with Crippen LogP contribution in [0.1, 0.15) is 40.2 Å². The molecule has 0 aliphatic carbocycles. The second-order valence-electron chi connectivity index (χ2n) is 11.3. The molecular formula is C29H38N4OSSi. The van der Waals surface area contributed by atoms with Gasteiger partial charge in [0.15, 0.2) is 5.82 Å². The van der Waals surface area contributed by atoms with Crippen LogP contribution in [0.2, 0.25) is 18.1 Å². The molecule has 2 aromatic heterocycles. The molecule has 0 atom stereocenters. The Hall–Kier alpha value is -2.74. The van der Waals surface area contributed by atoms with Gasteiger partial charge in [0, 0.05) is 23.2 Å². The fraction of sp³-hybridized carbons (Fsp3) is 0.379. The van der Waals surface area contributed by atoms with Crippen LogP contribution in [0.15, 0.2) is 60.9 Å². The zero-order valence-electron chi connectivity index (χ0n) is 22.5. The SMILES string of the molecule is CC(C)CNCc1cccc(-c2cc3ncnc(Nc4cccc(O[Si](C)(C)C(C)(C)C)c4)c3s2)c1. The Labute approximate surface area is 220 Å². The van der Waals surface area contributed by atoms with Gasteiger partial charge in [-0.25, -0.2) is 9.97 Å². The summed E-state index contributed by atoms with van der Waals surface area (Å²) in [5.41, 5.74) is 4.40. The van der Waals surface area contributed by atoms with E-state index in [9.17, 15) is 0 Å². The maximum Gasteiger partial charge on any atom is 0.250 e. The molecule has 2 N–H and O–H groups in total. The zero-order chi connectivity index (χ0) is 25.9. The molecule has 4 rings (SSSR count). The van der Waals surface area contributed by atoms with Gasteiger partial charge in [-0.3, -0.25) is 0 Å². The van der Waals surface area contributed by atoms with E-state index in [2.05, 4.69) is 111 Å². The highest BCUT2D eigenvalue weighted by atomic mass is 32.1. The van der Waals surface area contributed by atoms with Crippen LogP contribution in [-0.2, 0) is 6.54 Å². The van der Waals surface area contributed by atoms with E-state index in [0.29, 0.717) is 5.92 Å². The predicted octanol–water partition coefficient (Wildman–Crippen LogP) is 8.23. The summed E-state index contributed by atoms with van der Waals surface area (Å²) in [6, 6.07) is 19.1. The van der Waals surface area contributed by atoms with Crippen LogP contribution in [0, 0.1) is 5.92 Å². The molecule has 0 bridgehead atoms. The number of hydrogen-bond donors (Lipinski definition) is 2. The monoisotopic (exact) mass is 518 g/mol. The molecule has 7 heteroatoms. The number of nitrogens with zero attached hydrogens (tertiary/aromatic N) is 2. The summed E-state index contributed by atoms with van der Waals surface area (Å²) in [5.74, 6) is 2.35. The maximum atomic E-state index is 6.51. The first-order valence-corrected chi connectivity index (χ1v) is 16.3. The first kappa shape index (κ1) is 26.3. The van der Waals surface area contributed by atoms with Crippen molar-refractivity contribution in [3.63, 3.8) is 0 Å². The van der Waals surface area contributed by atoms with E-state index in [1.807, 2.05) is 12.1 Å². The minimum Gasteiger partial charge on any atom is -0.543 e. The van der Waals surface area contributed by atoms with E-state index in [0.717, 1.165) is 40.6 Å². The number of anilines is 2. The van der Waals surface area contributed by atoms with Gasteiger partial charge >= 0.3 is 0 Å². The Morgan fingerprint density at radius 3 is 2.53 bits per heavy atom. The van der Waals surface area contributed by atoms with Gasteiger partial charge in [-0.1, -0.05) is 58.9 Å². The summed E-state index contributed by atoms with van der Waals surface area (Å²) in [4.78, 5) is 10.3. The molecule has 0 aliphatic heterocycles. The van der Waals surface area contributed by atoms with Gasteiger partial charge in [-0.05, 0) is 66.0 Å². The van der Waals surface area contributed by atoms with Gasteiger partial charge in [-0.2, -0.15) is 0 Å². The van der Waals surface area contributed by atoms with Crippen molar-refractivity contribution < 1.29 is 4.43 Å². The molecule has 0 saturated heterocycles. The summed E-state index contributed by atoms with van der Waals surface area (Å²) in [6.07, 6.45) is 1.63. The first-order valence-electron chi connectivity index (χ1n) is 12.6. The molecule has 0 amide bonds. The van der Waals surface area contributed by atoms with Gasteiger partial charge in [0.2, 0.25) is 8.32 Å². The second-order valence-corrected chi connectivity index (χ2v) is 17.1. The van der Waals surface area contributed by atoms with E-state index in [1.165, 1.54) is 16.0 Å². The van der Waals surface area contributed by atoms with Crippen LogP contribution in [0.5, 0.6) is 5.75 Å². The van der Waals surface area contributed by atoms with E-state index < -0.39 is 8.32 Å². The molecule has 36 heavy (non-hydrogen) atoms. The van der Waals surface area contributed by atoms with Crippen molar-refractivity contribution >= 4 is 41.4 Å². The lowest BCUT2D eigenvalue weighted by Crippen LogP contribution is -2.43. The Balaban J connectivity index is 1.56. The maximum absolute atomic E-state index is 6.51. The average Bonchev–Trinajstić information content (AvgIpc) is 3.24. The third-order valence-electron chi connectivity index (χ3n) is 6.68. The van der Waals surface area contributed by atoms with E-state index >= 15 is 0 Å². The number of nitrogens with one attached hydrogen (secondary N) is 2. The van der Waals surface area contributed by atoms with Gasteiger partial charge in [0.1, 0.15) is 12.1 Å². The van der Waals surface area contributed by atoms with E-state index in [1.54, 1.807) is 17.7 Å². The molecular weight excluding hydrogens is 480 g/mol. The molecule has 0 unspecified atom stereocenters. The number of hydrogen-bond acceptors (Lipinski definition) is 6. The van der Waals surface area contributed by atoms with Crippen molar-refractivity contribution in [3.8, 4) is 16.2 Å². The second kappa shape index (κ2) is 10.7. The minimum atomic E-state index is -1.91. The van der Waals surface area contributed by atoms with Gasteiger partial charge in [-0.15, -0.1) is 11.3 Å². The highest BCUT2D eigenvalue weighted by Crippen LogP contribution is 2.39. The van der Waals surface area contributed by atoms with Gasteiger partial charge in [0.25, 0.3) is 0 Å². The summed E-state index contributed by atoms with van der Waals surface area (Å²) < 4.78 is 7.56. The molecule has 4 aromatic rings. The van der Waals surface area contributed by atoms with Crippen molar-refractivity contribution in [2.45, 2.75) is 59.3 Å². The Morgan fingerprint density at radius 1 is 1.00 bits per heavy atom. The summed E-state index contributed by atoms with van der Waals surface area (Å²) in [5, 5.41) is 7.19. The standard InChI is InChI=1S/C29H38N4OSSi/c1-20(2)17-30-18-21-10-8-11-22(14-21)26-16-25-27(35-26)28(32-19-31-25)33-23-12-9-13-24(15-23)34-36(6,7)29(3,4)5/h8-16,19-20,30H,17-18H2,1-7H3,(H,31,32,33). The van der Waals surface area contributed by atoms with Gasteiger partial charge < -0.3 is 15.1 Å². The first-order chi connectivity index (χ1) is 17.0. The lowest BCUT2D eigenvalue weighted by Gasteiger charge is -2.36. The van der Waals surface area contributed by atoms with Gasteiger partial charge in [0.05, 0.1) is 10.2 Å². The molecule has 190 valence electrons. The summed E-state index contributed by atoms with van der Waals surface area (Å²) >= 11 is 1.72. The Morgan fingerprint density at radius 2 is 1.78 bits per heavy atom. The van der Waals surface area contributed by atoms with E-state index in [4.69, 9.17) is 4.43 Å². The molecule has 0 aliphatic rings. The summed E-state index contributed by atoms with van der Waals surface area (Å²) in [6.45, 7) is 17.6. The lowest BCUT2D eigenvalue weighted by atomic mass is 10.1. The van der Waals surface area contributed by atoms with E-state index in [-0.39, 0.29) is 5.04 Å². The highest BCUT2D eigenvalue weighted by Gasteiger charge is 2.39. The van der Waals surface area contributed by atoms with Crippen molar-refractivity contribution in [2.75, 3.05) is 11.9 Å². The van der Waals surface area contributed by atoms with Crippen LogP contribution in [0.4, 0.5) is 11.5 Å². The smallest absolute Gasteiger partial charge is 0.250 e. The predicted molar refractivity (Wildman–Crippen MR) is 157 cm³/mol. The van der Waals surface area contributed by atoms with Crippen molar-refractivity contribution in [1.29, 1.82) is 0 Å². The fourth-order valence-electron chi connectivity index (χ4n) is 3.65. The number of thiophene rings is 1. The lowest BCUT2D eigenvalue weighted by molar-refractivity contribution is 0.492.